The van der Waals surface area contributed by atoms with Crippen molar-refractivity contribution in [3.05, 3.63) is 23.2 Å². The zero-order valence-electron chi connectivity index (χ0n) is 17.2. The van der Waals surface area contributed by atoms with Gasteiger partial charge in [-0.1, -0.05) is 22.9 Å². The van der Waals surface area contributed by atoms with E-state index < -0.39 is 24.3 Å². The molecule has 168 valence electrons. The summed E-state index contributed by atoms with van der Waals surface area (Å²) >= 11 is 7.41. The highest BCUT2D eigenvalue weighted by atomic mass is 35.5. The number of benzene rings is 1. The number of hydrogen-bond acceptors (Lipinski definition) is 7. The molecule has 2 bridgehead atoms. The van der Waals surface area contributed by atoms with Gasteiger partial charge in [0.2, 0.25) is 5.13 Å². The number of halogens is 2. The lowest BCUT2D eigenvalue weighted by atomic mass is 9.80. The van der Waals surface area contributed by atoms with Gasteiger partial charge < -0.3 is 19.5 Å². The van der Waals surface area contributed by atoms with Gasteiger partial charge in [-0.2, -0.15) is 0 Å². The zero-order valence-corrected chi connectivity index (χ0v) is 18.8. The highest BCUT2D eigenvalue weighted by molar-refractivity contribution is 7.18. The van der Waals surface area contributed by atoms with Crippen LogP contribution < -0.4 is 9.64 Å². The minimum Gasteiger partial charge on any atom is -0.467 e. The molecule has 1 amide bonds. The predicted molar refractivity (Wildman–Crippen MR) is 116 cm³/mol. The monoisotopic (exact) mass is 470 g/mol. The summed E-state index contributed by atoms with van der Waals surface area (Å²) in [4.78, 5) is 14.8. The SMILES string of the molecule is COCOc1cc(Cl)ccc1-c1nnc(N(C)[C@@H]2C[C@H]3CCC[C@@H]([C@@H]2F)N3C(=O)O)s1. The minimum atomic E-state index is -1.29. The standard InChI is InChI=1S/C20H24ClFN4O4S/c1-25(15-9-12-4-3-5-14(17(15)22)26(12)20(27)28)19-24-23-18(31-19)13-7-6-11(21)8-16(13)30-10-29-2/h6-8,12,14-15,17H,3-5,9-10H2,1-2H3,(H,27,28)/t12-,14+,15-,17+/m1/s1. The molecular weight excluding hydrogens is 447 g/mol. The molecule has 4 atom stereocenters. The molecule has 3 heterocycles. The average Bonchev–Trinajstić information content (AvgIpc) is 3.24. The zero-order chi connectivity index (χ0) is 22.1. The van der Waals surface area contributed by atoms with Gasteiger partial charge in [0.25, 0.3) is 0 Å². The molecule has 11 heteroatoms. The van der Waals surface area contributed by atoms with Crippen LogP contribution >= 0.6 is 22.9 Å². The number of rotatable bonds is 6. The van der Waals surface area contributed by atoms with Crippen LogP contribution in [-0.2, 0) is 4.74 Å². The first-order chi connectivity index (χ1) is 14.9. The van der Waals surface area contributed by atoms with Crippen molar-refractivity contribution in [2.75, 3.05) is 25.9 Å². The van der Waals surface area contributed by atoms with Crippen molar-refractivity contribution in [3.63, 3.8) is 0 Å². The number of fused-ring (bicyclic) bond motifs is 2. The number of anilines is 1. The third-order valence-electron chi connectivity index (χ3n) is 5.98. The molecule has 0 unspecified atom stereocenters. The normalized spacial score (nSPS) is 25.4. The lowest BCUT2D eigenvalue weighted by molar-refractivity contribution is -0.0126. The fourth-order valence-electron chi connectivity index (χ4n) is 4.51. The first-order valence-electron chi connectivity index (χ1n) is 10.0. The molecule has 8 nitrogen and oxygen atoms in total. The Hall–Kier alpha value is -2.17. The van der Waals surface area contributed by atoms with Crippen molar-refractivity contribution >= 4 is 34.2 Å². The summed E-state index contributed by atoms with van der Waals surface area (Å²) in [6, 6.07) is 3.97. The van der Waals surface area contributed by atoms with E-state index >= 15 is 4.39 Å². The van der Waals surface area contributed by atoms with Crippen LogP contribution in [0.4, 0.5) is 14.3 Å². The van der Waals surface area contributed by atoms with Crippen molar-refractivity contribution in [1.29, 1.82) is 0 Å². The van der Waals surface area contributed by atoms with Gasteiger partial charge in [0, 0.05) is 25.2 Å². The third kappa shape index (κ3) is 4.28. The molecule has 2 aromatic rings. The first-order valence-corrected chi connectivity index (χ1v) is 11.2. The fourth-order valence-corrected chi connectivity index (χ4v) is 5.57. The Balaban J connectivity index is 1.57. The van der Waals surface area contributed by atoms with Gasteiger partial charge in [0.1, 0.15) is 11.9 Å². The van der Waals surface area contributed by atoms with Crippen molar-refractivity contribution in [2.24, 2.45) is 0 Å². The first kappa shape index (κ1) is 22.0. The molecule has 0 aliphatic carbocycles. The van der Waals surface area contributed by atoms with Crippen LogP contribution in [0.2, 0.25) is 5.02 Å². The lowest BCUT2D eigenvalue weighted by Gasteiger charge is -2.50. The smallest absolute Gasteiger partial charge is 0.407 e. The molecule has 1 N–H and O–H groups in total. The molecule has 31 heavy (non-hydrogen) atoms. The fraction of sp³-hybridized carbons (Fsp3) is 0.550. The summed E-state index contributed by atoms with van der Waals surface area (Å²) in [6.07, 6.45) is 0.245. The van der Waals surface area contributed by atoms with Gasteiger partial charge in [-0.05, 0) is 43.9 Å². The van der Waals surface area contributed by atoms with Crippen molar-refractivity contribution in [1.82, 2.24) is 15.1 Å². The van der Waals surface area contributed by atoms with Gasteiger partial charge in [-0.15, -0.1) is 10.2 Å². The highest BCUT2D eigenvalue weighted by Gasteiger charge is 2.49. The number of ether oxygens (including phenoxy) is 2. The molecule has 2 fully saturated rings. The molecular formula is C20H24ClFN4O4S. The van der Waals surface area contributed by atoms with E-state index in [1.807, 2.05) is 0 Å². The number of aromatic nitrogens is 2. The van der Waals surface area contributed by atoms with Crippen molar-refractivity contribution in [2.45, 2.75) is 50.0 Å². The minimum absolute atomic E-state index is 0.0629. The van der Waals surface area contributed by atoms with Gasteiger partial charge >= 0.3 is 6.09 Å². The Morgan fingerprint density at radius 2 is 2.23 bits per heavy atom. The molecule has 4 rings (SSSR count). The van der Waals surface area contributed by atoms with Crippen molar-refractivity contribution < 1.29 is 23.8 Å². The van der Waals surface area contributed by atoms with Crippen LogP contribution in [0.15, 0.2) is 18.2 Å². The van der Waals surface area contributed by atoms with Gasteiger partial charge in [-0.3, -0.25) is 4.90 Å². The van der Waals surface area contributed by atoms with Crippen LogP contribution in [0.3, 0.4) is 0 Å². The molecule has 2 aliphatic rings. The summed E-state index contributed by atoms with van der Waals surface area (Å²) in [5, 5.41) is 19.8. The summed E-state index contributed by atoms with van der Waals surface area (Å²) in [7, 11) is 3.32. The number of carbonyl (C=O) groups is 1. The topological polar surface area (TPSA) is 88.0 Å². The second-order valence-corrected chi connectivity index (χ2v) is 9.17. The summed E-state index contributed by atoms with van der Waals surface area (Å²) in [5.41, 5.74) is 0.716. The van der Waals surface area contributed by atoms with E-state index in [0.717, 1.165) is 12.8 Å². The maximum absolute atomic E-state index is 15.4. The quantitative estimate of drug-likeness (QED) is 0.630. The van der Waals surface area contributed by atoms with E-state index in [0.29, 0.717) is 39.3 Å². The molecule has 1 aromatic carbocycles. The average molecular weight is 471 g/mol. The molecule has 2 aliphatic heterocycles. The van der Waals surface area contributed by atoms with Gasteiger partial charge in [0.15, 0.2) is 11.8 Å². The van der Waals surface area contributed by atoms with E-state index in [1.165, 1.54) is 23.3 Å². The number of nitrogens with zero attached hydrogens (tertiary/aromatic N) is 4. The lowest BCUT2D eigenvalue weighted by Crippen LogP contribution is -2.64. The molecule has 2 saturated heterocycles. The molecule has 0 spiro atoms. The Kier molecular flexibility index (Phi) is 6.49. The number of amides is 1. The van der Waals surface area contributed by atoms with E-state index in [-0.39, 0.29) is 12.8 Å². The number of hydrogen-bond donors (Lipinski definition) is 1. The second-order valence-electron chi connectivity index (χ2n) is 7.78. The highest BCUT2D eigenvalue weighted by Crippen LogP contribution is 2.41. The Morgan fingerprint density at radius 3 is 2.97 bits per heavy atom. The number of methoxy groups -OCH3 is 1. The van der Waals surface area contributed by atoms with E-state index in [1.54, 1.807) is 30.1 Å². The van der Waals surface area contributed by atoms with Crippen LogP contribution in [0, 0.1) is 0 Å². The summed E-state index contributed by atoms with van der Waals surface area (Å²) < 4.78 is 26.0. The van der Waals surface area contributed by atoms with Crippen molar-refractivity contribution in [3.8, 4) is 16.3 Å². The maximum Gasteiger partial charge on any atom is 0.407 e. The number of carboxylic acid groups (broad SMARTS) is 1. The van der Waals surface area contributed by atoms with Crippen LogP contribution in [0.25, 0.3) is 10.6 Å². The molecule has 0 saturated carbocycles. The Morgan fingerprint density at radius 1 is 1.42 bits per heavy atom. The van der Waals surface area contributed by atoms with E-state index in [4.69, 9.17) is 21.1 Å². The third-order valence-corrected chi connectivity index (χ3v) is 7.26. The second kappa shape index (κ2) is 9.13. The van der Waals surface area contributed by atoms with Gasteiger partial charge in [0.05, 0.1) is 17.6 Å². The predicted octanol–water partition coefficient (Wildman–Crippen LogP) is 4.29. The summed E-state index contributed by atoms with van der Waals surface area (Å²) in [5.74, 6) is 0.521. The number of alkyl halides is 1. The Bertz CT molecular complexity index is 948. The Labute approximate surface area is 188 Å². The largest absolute Gasteiger partial charge is 0.467 e. The van der Waals surface area contributed by atoms with Crippen LogP contribution in [0.1, 0.15) is 25.7 Å². The summed E-state index contributed by atoms with van der Waals surface area (Å²) in [6.45, 7) is 0.0629. The van der Waals surface area contributed by atoms with E-state index in [2.05, 4.69) is 10.2 Å². The van der Waals surface area contributed by atoms with E-state index in [9.17, 15) is 9.90 Å². The molecule has 1 aromatic heterocycles. The maximum atomic E-state index is 15.4. The van der Waals surface area contributed by atoms with Gasteiger partial charge in [-0.25, -0.2) is 9.18 Å². The molecule has 0 radical (unpaired) electrons. The van der Waals surface area contributed by atoms with Crippen LogP contribution in [-0.4, -0.2) is 71.5 Å². The van der Waals surface area contributed by atoms with Crippen LogP contribution in [0.5, 0.6) is 5.75 Å². The number of piperidine rings is 2.